The Labute approximate surface area is 365 Å². The van der Waals surface area contributed by atoms with Crippen LogP contribution in [0, 0.1) is 12.8 Å². The van der Waals surface area contributed by atoms with Crippen molar-refractivity contribution in [1.29, 1.82) is 0 Å². The standard InChI is InChI=1S/C46H53N13O4/c1-28-24-31(6-12-35(28)29(2)50-42(61)43-54-44(55-63-43)46(3,4)5)38-39-41(49-27-48-38)53-40(52-39)32-7-13-36(47-25-32)58-22-20-56(21-23-58)26-30-14-17-57(18-15-30)33-8-10-34(11-9-33)59-19-16-37(60)51-45(59)62/h6-13,24-25,27,29-30H,14-23,26H2,1-5H3,(H,50,61)(H,51,60,62)(H,48,49,52,53). The number of piperidine rings is 1. The number of H-pyrrole nitrogens is 1. The summed E-state index contributed by atoms with van der Waals surface area (Å²) in [7, 11) is 0. The first-order valence-corrected chi connectivity index (χ1v) is 21.7. The number of nitrogens with one attached hydrogen (secondary N) is 3. The zero-order chi connectivity index (χ0) is 43.8. The number of carbonyl (C=O) groups is 3. The van der Waals surface area contributed by atoms with Crippen LogP contribution in [0.4, 0.5) is 22.0 Å². The lowest BCUT2D eigenvalue weighted by Gasteiger charge is -2.39. The van der Waals surface area contributed by atoms with E-state index in [9.17, 15) is 14.4 Å². The second-order valence-electron chi connectivity index (χ2n) is 17.8. The molecule has 1 atom stereocenters. The molecular formula is C46H53N13O4. The zero-order valence-electron chi connectivity index (χ0n) is 36.4. The molecule has 3 fully saturated rings. The molecule has 3 aliphatic heterocycles. The van der Waals surface area contributed by atoms with Crippen molar-refractivity contribution in [1.82, 2.24) is 50.6 Å². The fourth-order valence-electron chi connectivity index (χ4n) is 8.71. The lowest BCUT2D eigenvalue weighted by Crippen LogP contribution is -2.49. The van der Waals surface area contributed by atoms with E-state index in [1.165, 1.54) is 12.0 Å². The number of carbonyl (C=O) groups excluding carboxylic acids is 3. The smallest absolute Gasteiger partial charge is 0.328 e. The molecule has 4 aromatic heterocycles. The van der Waals surface area contributed by atoms with Gasteiger partial charge in [-0.15, -0.1) is 0 Å². The van der Waals surface area contributed by atoms with Crippen molar-refractivity contribution in [3.63, 3.8) is 0 Å². The Balaban J connectivity index is 0.768. The van der Waals surface area contributed by atoms with E-state index in [1.807, 2.05) is 65.1 Å². The number of urea groups is 1. The zero-order valence-corrected chi connectivity index (χ0v) is 36.4. The number of imide groups is 1. The van der Waals surface area contributed by atoms with Gasteiger partial charge in [-0.05, 0) is 86.2 Å². The summed E-state index contributed by atoms with van der Waals surface area (Å²) in [4.78, 5) is 72.2. The quantitative estimate of drug-likeness (QED) is 0.144. The van der Waals surface area contributed by atoms with Gasteiger partial charge in [-0.1, -0.05) is 38.1 Å². The number of amides is 4. The summed E-state index contributed by atoms with van der Waals surface area (Å²) < 4.78 is 5.24. The first kappa shape index (κ1) is 41.6. The van der Waals surface area contributed by atoms with Gasteiger partial charge in [0.1, 0.15) is 23.5 Å². The van der Waals surface area contributed by atoms with Crippen molar-refractivity contribution in [3.8, 4) is 22.6 Å². The predicted octanol–water partition coefficient (Wildman–Crippen LogP) is 6.05. The average molecular weight is 852 g/mol. The van der Waals surface area contributed by atoms with Crippen LogP contribution in [0.2, 0.25) is 0 Å². The molecule has 0 radical (unpaired) electrons. The van der Waals surface area contributed by atoms with Crippen molar-refractivity contribution >= 4 is 46.2 Å². The minimum absolute atomic E-state index is 0.0575. The number of hydrogen-bond acceptors (Lipinski definition) is 13. The molecular weight excluding hydrogens is 799 g/mol. The van der Waals surface area contributed by atoms with Crippen LogP contribution in [0.5, 0.6) is 0 Å². The summed E-state index contributed by atoms with van der Waals surface area (Å²) in [5.74, 6) is 2.06. The van der Waals surface area contributed by atoms with Crippen LogP contribution in [0.3, 0.4) is 0 Å². The van der Waals surface area contributed by atoms with Gasteiger partial charge in [-0.2, -0.15) is 4.98 Å². The van der Waals surface area contributed by atoms with E-state index in [0.717, 1.165) is 104 Å². The summed E-state index contributed by atoms with van der Waals surface area (Å²) in [5.41, 5.74) is 7.39. The third-order valence-electron chi connectivity index (χ3n) is 12.4. The Morgan fingerprint density at radius 1 is 0.873 bits per heavy atom. The van der Waals surface area contributed by atoms with Crippen molar-refractivity contribution in [3.05, 3.63) is 90.0 Å². The summed E-state index contributed by atoms with van der Waals surface area (Å²) in [6.07, 6.45) is 6.00. The molecule has 3 N–H and O–H groups in total. The maximum atomic E-state index is 12.9. The van der Waals surface area contributed by atoms with E-state index in [1.54, 1.807) is 4.90 Å². The van der Waals surface area contributed by atoms with E-state index in [0.29, 0.717) is 36.2 Å². The fraction of sp³-hybridized carbons (Fsp3) is 0.413. The Kier molecular flexibility index (Phi) is 11.4. The molecule has 0 saturated carbocycles. The molecule has 326 valence electrons. The SMILES string of the molecule is Cc1cc(-c2ncnc3nc(-c4ccc(N5CCN(CC6CCN(c7ccc(N8CCC(=O)NC8=O)cc7)CC6)CC5)nc4)[nH]c23)ccc1C(C)NC(=O)c1nc(C(C)(C)C)no1. The topological polar surface area (TPSA) is 194 Å². The lowest BCUT2D eigenvalue weighted by atomic mass is 9.95. The van der Waals surface area contributed by atoms with Gasteiger partial charge in [0.25, 0.3) is 0 Å². The van der Waals surface area contributed by atoms with Gasteiger partial charge in [-0.3, -0.25) is 24.7 Å². The number of aromatic amines is 1. The lowest BCUT2D eigenvalue weighted by molar-refractivity contribution is -0.120. The van der Waals surface area contributed by atoms with Crippen LogP contribution in [0.1, 0.15) is 80.6 Å². The number of pyridine rings is 1. The normalized spacial score (nSPS) is 17.3. The van der Waals surface area contributed by atoms with Crippen molar-refractivity contribution in [2.24, 2.45) is 5.92 Å². The number of aromatic nitrogens is 7. The van der Waals surface area contributed by atoms with E-state index in [-0.39, 0.29) is 29.3 Å². The number of rotatable bonds is 10. The Morgan fingerprint density at radius 2 is 1.62 bits per heavy atom. The minimum Gasteiger partial charge on any atom is -0.372 e. The molecule has 0 aliphatic carbocycles. The molecule has 0 bridgehead atoms. The predicted molar refractivity (Wildman–Crippen MR) is 240 cm³/mol. The molecule has 6 aromatic rings. The molecule has 2 aromatic carbocycles. The molecule has 3 saturated heterocycles. The maximum Gasteiger partial charge on any atom is 0.328 e. The van der Waals surface area contributed by atoms with E-state index in [2.05, 4.69) is 80.8 Å². The molecule has 17 heteroatoms. The van der Waals surface area contributed by atoms with E-state index in [4.69, 9.17) is 14.5 Å². The van der Waals surface area contributed by atoms with Gasteiger partial charge >= 0.3 is 17.8 Å². The van der Waals surface area contributed by atoms with Gasteiger partial charge in [0.15, 0.2) is 11.5 Å². The second kappa shape index (κ2) is 17.2. The van der Waals surface area contributed by atoms with Crippen molar-refractivity contribution in [2.45, 2.75) is 65.3 Å². The highest BCUT2D eigenvalue weighted by atomic mass is 16.5. The largest absolute Gasteiger partial charge is 0.372 e. The number of anilines is 3. The number of aryl methyl sites for hydroxylation is 1. The molecule has 17 nitrogen and oxygen atoms in total. The third-order valence-corrected chi connectivity index (χ3v) is 12.4. The molecule has 4 amide bonds. The fourth-order valence-corrected chi connectivity index (χ4v) is 8.71. The van der Waals surface area contributed by atoms with Crippen LogP contribution in [0.25, 0.3) is 33.8 Å². The van der Waals surface area contributed by atoms with Crippen molar-refractivity contribution in [2.75, 3.05) is 67.1 Å². The summed E-state index contributed by atoms with van der Waals surface area (Å²) in [5, 5.41) is 9.35. The summed E-state index contributed by atoms with van der Waals surface area (Å²) >= 11 is 0. The Morgan fingerprint density at radius 3 is 2.30 bits per heavy atom. The first-order chi connectivity index (χ1) is 30.4. The van der Waals surface area contributed by atoms with Gasteiger partial charge in [0.05, 0.1) is 11.7 Å². The van der Waals surface area contributed by atoms with Gasteiger partial charge in [-0.25, -0.2) is 24.7 Å². The Hall–Kier alpha value is -6.75. The number of imidazole rings is 1. The first-order valence-electron chi connectivity index (χ1n) is 21.7. The van der Waals surface area contributed by atoms with Crippen LogP contribution in [-0.4, -0.2) is 110 Å². The third kappa shape index (κ3) is 8.96. The average Bonchev–Trinajstić information content (AvgIpc) is 3.97. The highest BCUT2D eigenvalue weighted by Gasteiger charge is 2.28. The highest BCUT2D eigenvalue weighted by Crippen LogP contribution is 2.31. The maximum absolute atomic E-state index is 12.9. The Bertz CT molecular complexity index is 2620. The van der Waals surface area contributed by atoms with E-state index >= 15 is 0 Å². The van der Waals surface area contributed by atoms with Crippen LogP contribution >= 0.6 is 0 Å². The van der Waals surface area contributed by atoms with Crippen molar-refractivity contribution < 1.29 is 18.9 Å². The number of benzene rings is 2. The number of fused-ring (bicyclic) bond motifs is 1. The molecule has 0 spiro atoms. The summed E-state index contributed by atoms with van der Waals surface area (Å²) in [6.45, 7) is 17.2. The molecule has 7 heterocycles. The molecule has 1 unspecified atom stereocenters. The van der Waals surface area contributed by atoms with Gasteiger partial charge < -0.3 is 24.6 Å². The highest BCUT2D eigenvalue weighted by molar-refractivity contribution is 6.05. The van der Waals surface area contributed by atoms with Gasteiger partial charge in [0.2, 0.25) is 5.91 Å². The van der Waals surface area contributed by atoms with Crippen LogP contribution in [0.15, 0.2) is 71.6 Å². The van der Waals surface area contributed by atoms with Crippen LogP contribution < -0.4 is 25.3 Å². The van der Waals surface area contributed by atoms with E-state index < -0.39 is 5.91 Å². The number of nitrogens with zero attached hydrogens (tertiary/aromatic N) is 10. The molecule has 9 rings (SSSR count). The minimum atomic E-state index is -0.420. The number of hydrogen-bond donors (Lipinski definition) is 3. The summed E-state index contributed by atoms with van der Waals surface area (Å²) in [6, 6.07) is 17.6. The second-order valence-corrected chi connectivity index (χ2v) is 17.8. The monoisotopic (exact) mass is 851 g/mol. The van der Waals surface area contributed by atoms with Crippen LogP contribution in [-0.2, 0) is 10.2 Å². The van der Waals surface area contributed by atoms with Gasteiger partial charge in [0, 0.05) is 92.9 Å². The number of piperazine rings is 1. The molecule has 63 heavy (non-hydrogen) atoms. The molecule has 3 aliphatic rings.